The third kappa shape index (κ3) is 2.43. The molecule has 1 saturated heterocycles. The maximum absolute atomic E-state index is 11.7. The van der Waals surface area contributed by atoms with Crippen molar-refractivity contribution in [2.24, 2.45) is 5.92 Å². The van der Waals surface area contributed by atoms with Crippen molar-refractivity contribution in [3.63, 3.8) is 0 Å². The van der Waals surface area contributed by atoms with Gasteiger partial charge in [-0.2, -0.15) is 0 Å². The van der Waals surface area contributed by atoms with Crippen LogP contribution in [0.4, 0.5) is 0 Å². The largest absolute Gasteiger partial charge is 0.336 e. The number of amides is 1. The number of aromatic nitrogens is 1. The molecule has 0 saturated carbocycles. The maximum atomic E-state index is 11.7. The summed E-state index contributed by atoms with van der Waals surface area (Å²) in [7, 11) is 0. The second-order valence-electron chi connectivity index (χ2n) is 4.27. The molecule has 86 valence electrons. The van der Waals surface area contributed by atoms with Gasteiger partial charge in [0.2, 0.25) is 5.91 Å². The van der Waals surface area contributed by atoms with Gasteiger partial charge in [0.25, 0.3) is 0 Å². The topological polar surface area (TPSA) is 33.2 Å². The summed E-state index contributed by atoms with van der Waals surface area (Å²) in [6.45, 7) is 3.53. The van der Waals surface area contributed by atoms with Gasteiger partial charge in [0.05, 0.1) is 12.2 Å². The maximum Gasteiger partial charge on any atom is 0.223 e. The number of likely N-dealkylation sites (tertiary alicyclic amines) is 1. The number of hydrogen-bond donors (Lipinski definition) is 0. The zero-order valence-corrected chi connectivity index (χ0v) is 10.9. The monoisotopic (exact) mass is 282 g/mol. The molecule has 0 aromatic carbocycles. The van der Waals surface area contributed by atoms with Crippen LogP contribution in [0.15, 0.2) is 18.3 Å². The molecular weight excluding hydrogens is 268 g/mol. The van der Waals surface area contributed by atoms with Crippen molar-refractivity contribution in [1.82, 2.24) is 9.88 Å². The second-order valence-corrected chi connectivity index (χ2v) is 4.91. The van der Waals surface area contributed by atoms with Gasteiger partial charge in [0.1, 0.15) is 0 Å². The highest BCUT2D eigenvalue weighted by Gasteiger charge is 2.28. The lowest BCUT2D eigenvalue weighted by atomic mass is 10.2. The number of rotatable bonds is 3. The van der Waals surface area contributed by atoms with Gasteiger partial charge in [0.15, 0.2) is 0 Å². The van der Waals surface area contributed by atoms with E-state index in [1.54, 1.807) is 6.20 Å². The lowest BCUT2D eigenvalue weighted by Gasteiger charge is -2.16. The average molecular weight is 283 g/mol. The quantitative estimate of drug-likeness (QED) is 0.796. The number of carbonyl (C=O) groups is 1. The molecule has 16 heavy (non-hydrogen) atoms. The Hall–Kier alpha value is -0.900. The molecule has 0 spiro atoms. The van der Waals surface area contributed by atoms with Crippen LogP contribution in [0.3, 0.4) is 0 Å². The van der Waals surface area contributed by atoms with E-state index in [0.717, 1.165) is 23.1 Å². The number of nitrogens with zero attached hydrogens (tertiary/aromatic N) is 2. The van der Waals surface area contributed by atoms with Crippen LogP contribution in [0.25, 0.3) is 0 Å². The molecule has 0 radical (unpaired) electrons. The predicted octanol–water partition coefficient (Wildman–Crippen LogP) is 2.13. The molecule has 1 aromatic rings. The van der Waals surface area contributed by atoms with Crippen molar-refractivity contribution >= 4 is 21.8 Å². The van der Waals surface area contributed by atoms with Crippen molar-refractivity contribution in [3.05, 3.63) is 29.6 Å². The third-order valence-electron chi connectivity index (χ3n) is 2.97. The third-order valence-corrected chi connectivity index (χ3v) is 3.89. The van der Waals surface area contributed by atoms with Crippen LogP contribution in [-0.4, -0.2) is 27.7 Å². The van der Waals surface area contributed by atoms with Gasteiger partial charge in [-0.05, 0) is 24.5 Å². The molecule has 2 heterocycles. The fourth-order valence-electron chi connectivity index (χ4n) is 1.97. The smallest absolute Gasteiger partial charge is 0.223 e. The molecule has 0 aliphatic carbocycles. The first-order valence-electron chi connectivity index (χ1n) is 5.45. The average Bonchev–Trinajstić information content (AvgIpc) is 2.63. The number of hydrogen-bond acceptors (Lipinski definition) is 2. The zero-order valence-electron chi connectivity index (χ0n) is 9.32. The van der Waals surface area contributed by atoms with E-state index in [2.05, 4.69) is 20.9 Å². The molecule has 1 aromatic heterocycles. The van der Waals surface area contributed by atoms with E-state index in [4.69, 9.17) is 0 Å². The molecule has 0 bridgehead atoms. The first-order valence-corrected chi connectivity index (χ1v) is 6.57. The van der Waals surface area contributed by atoms with Crippen molar-refractivity contribution in [3.8, 4) is 0 Å². The summed E-state index contributed by atoms with van der Waals surface area (Å²) in [5.74, 6) is 0.700. The first kappa shape index (κ1) is 11.6. The van der Waals surface area contributed by atoms with Crippen molar-refractivity contribution in [2.75, 3.05) is 11.9 Å². The Morgan fingerprint density at radius 3 is 3.06 bits per heavy atom. The number of alkyl halides is 1. The van der Waals surface area contributed by atoms with E-state index >= 15 is 0 Å². The van der Waals surface area contributed by atoms with Crippen LogP contribution in [0.2, 0.25) is 0 Å². The minimum atomic E-state index is 0.245. The van der Waals surface area contributed by atoms with E-state index in [-0.39, 0.29) is 5.91 Å². The van der Waals surface area contributed by atoms with E-state index in [1.165, 1.54) is 0 Å². The molecule has 4 heteroatoms. The molecule has 1 unspecified atom stereocenters. The Morgan fingerprint density at radius 1 is 1.62 bits per heavy atom. The number of aryl methyl sites for hydroxylation is 1. The summed E-state index contributed by atoms with van der Waals surface area (Å²) in [5.41, 5.74) is 2.16. The highest BCUT2D eigenvalue weighted by Crippen LogP contribution is 2.21. The number of carbonyl (C=O) groups excluding carboxylic acids is 1. The van der Waals surface area contributed by atoms with Crippen molar-refractivity contribution < 1.29 is 4.79 Å². The highest BCUT2D eigenvalue weighted by molar-refractivity contribution is 9.09. The summed E-state index contributed by atoms with van der Waals surface area (Å²) in [6, 6.07) is 3.96. The molecular formula is C12H15BrN2O. The minimum absolute atomic E-state index is 0.245. The molecule has 1 aliphatic rings. The Kier molecular flexibility index (Phi) is 3.59. The summed E-state index contributed by atoms with van der Waals surface area (Å²) < 4.78 is 0. The lowest BCUT2D eigenvalue weighted by Crippen LogP contribution is -2.25. The Morgan fingerprint density at radius 2 is 2.44 bits per heavy atom. The molecule has 1 aliphatic heterocycles. The summed E-state index contributed by atoms with van der Waals surface area (Å²) >= 11 is 3.44. The van der Waals surface area contributed by atoms with Crippen LogP contribution in [0.5, 0.6) is 0 Å². The van der Waals surface area contributed by atoms with Gasteiger partial charge in [-0.1, -0.05) is 22.0 Å². The van der Waals surface area contributed by atoms with Gasteiger partial charge in [-0.3, -0.25) is 9.78 Å². The Labute approximate surface area is 104 Å². The number of pyridine rings is 1. The number of halogens is 1. The fourth-order valence-corrected chi connectivity index (χ4v) is 2.41. The molecule has 1 amide bonds. The van der Waals surface area contributed by atoms with E-state index in [1.807, 2.05) is 24.0 Å². The fraction of sp³-hybridized carbons (Fsp3) is 0.500. The van der Waals surface area contributed by atoms with Crippen molar-refractivity contribution in [2.45, 2.75) is 19.9 Å². The standard InChI is InChI=1S/C12H15BrN2O/c1-9-3-2-4-14-11(9)8-15-7-10(6-13)5-12(15)16/h2-4,10H,5-8H2,1H3. The van der Waals surface area contributed by atoms with E-state index < -0.39 is 0 Å². The second kappa shape index (κ2) is 4.95. The van der Waals surface area contributed by atoms with Crippen LogP contribution in [0, 0.1) is 12.8 Å². The van der Waals surface area contributed by atoms with Gasteiger partial charge < -0.3 is 4.90 Å². The van der Waals surface area contributed by atoms with E-state index in [9.17, 15) is 4.79 Å². The normalized spacial score (nSPS) is 20.5. The summed E-state index contributed by atoms with van der Waals surface area (Å²) in [5, 5.41) is 0.899. The minimum Gasteiger partial charge on any atom is -0.336 e. The Balaban J connectivity index is 2.06. The van der Waals surface area contributed by atoms with Crippen LogP contribution >= 0.6 is 15.9 Å². The first-order chi connectivity index (χ1) is 7.70. The summed E-state index contributed by atoms with van der Waals surface area (Å²) in [6.07, 6.45) is 2.45. The summed E-state index contributed by atoms with van der Waals surface area (Å²) in [4.78, 5) is 18.0. The lowest BCUT2D eigenvalue weighted by molar-refractivity contribution is -0.128. The Bertz CT molecular complexity index is 394. The van der Waals surface area contributed by atoms with Crippen LogP contribution in [-0.2, 0) is 11.3 Å². The molecule has 2 rings (SSSR count). The zero-order chi connectivity index (χ0) is 11.5. The predicted molar refractivity (Wildman–Crippen MR) is 66.3 cm³/mol. The SMILES string of the molecule is Cc1cccnc1CN1CC(CBr)CC1=O. The molecule has 1 fully saturated rings. The van der Waals surface area contributed by atoms with Crippen molar-refractivity contribution in [1.29, 1.82) is 0 Å². The highest BCUT2D eigenvalue weighted by atomic mass is 79.9. The van der Waals surface area contributed by atoms with Gasteiger partial charge >= 0.3 is 0 Å². The van der Waals surface area contributed by atoms with Crippen LogP contribution < -0.4 is 0 Å². The molecule has 0 N–H and O–H groups in total. The van der Waals surface area contributed by atoms with Gasteiger partial charge in [-0.25, -0.2) is 0 Å². The van der Waals surface area contributed by atoms with E-state index in [0.29, 0.717) is 18.9 Å². The molecule has 1 atom stereocenters. The van der Waals surface area contributed by atoms with Gasteiger partial charge in [-0.15, -0.1) is 0 Å². The molecule has 3 nitrogen and oxygen atoms in total. The van der Waals surface area contributed by atoms with Crippen LogP contribution in [0.1, 0.15) is 17.7 Å². The van der Waals surface area contributed by atoms with Gasteiger partial charge in [0, 0.05) is 24.5 Å².